The molecule has 1 amide bonds. The summed E-state index contributed by atoms with van der Waals surface area (Å²) in [5, 5.41) is 12.8. The monoisotopic (exact) mass is 410 g/mol. The van der Waals surface area contributed by atoms with E-state index >= 15 is 0 Å². The lowest BCUT2D eigenvalue weighted by Crippen LogP contribution is -2.30. The van der Waals surface area contributed by atoms with E-state index in [1.165, 1.54) is 0 Å². The number of hydrogen-bond donors (Lipinski definition) is 2. The predicted octanol–water partition coefficient (Wildman–Crippen LogP) is 2.89. The molecule has 2 heterocycles. The smallest absolute Gasteiger partial charge is 0.328 e. The first kappa shape index (κ1) is 20.0. The number of hydrogen-bond acceptors (Lipinski definition) is 5. The molecule has 0 saturated heterocycles. The molecule has 0 bridgehead atoms. The minimum atomic E-state index is -0.0810. The number of aromatic hydroxyl groups is 1. The van der Waals surface area contributed by atoms with Crippen LogP contribution in [0.2, 0.25) is 0 Å². The molecule has 3 aromatic rings. The molecule has 30 heavy (non-hydrogen) atoms. The molecule has 8 nitrogen and oxygen atoms in total. The molecule has 1 aliphatic carbocycles. The molecule has 4 rings (SSSR count). The van der Waals surface area contributed by atoms with Crippen LogP contribution in [-0.2, 0) is 18.4 Å². The number of fused-ring (bicyclic) bond motifs is 1. The highest BCUT2D eigenvalue weighted by molar-refractivity contribution is 5.92. The maximum Gasteiger partial charge on any atom is 0.328 e. The third-order valence-corrected chi connectivity index (χ3v) is 6.00. The average Bonchev–Trinajstić information content (AvgIpc) is 2.99. The number of phenols is 1. The number of rotatable bonds is 5. The van der Waals surface area contributed by atoms with Gasteiger partial charge in [0.2, 0.25) is 11.8 Å². The van der Waals surface area contributed by atoms with Crippen molar-refractivity contribution >= 4 is 22.6 Å². The van der Waals surface area contributed by atoms with Crippen molar-refractivity contribution < 1.29 is 14.6 Å². The number of aryl methyl sites for hydroxylation is 1. The number of carbonyl (C=O) groups excluding carboxylic acids is 1. The summed E-state index contributed by atoms with van der Waals surface area (Å²) in [6.45, 7) is 0.594. The topological polar surface area (TPSA) is 98.4 Å². The molecule has 0 aliphatic heterocycles. The lowest BCUT2D eigenvalue weighted by molar-refractivity contribution is -0.121. The Morgan fingerprint density at radius 3 is 2.63 bits per heavy atom. The van der Waals surface area contributed by atoms with Gasteiger partial charge in [-0.25, -0.2) is 9.78 Å². The molecule has 0 unspecified atom stereocenters. The zero-order valence-corrected chi connectivity index (χ0v) is 17.2. The Bertz CT molecular complexity index is 1110. The fourth-order valence-electron chi connectivity index (χ4n) is 4.26. The van der Waals surface area contributed by atoms with E-state index in [4.69, 9.17) is 4.74 Å². The number of ether oxygens (including phenoxy) is 1. The number of nitrogens with zero attached hydrogens (tertiary/aromatic N) is 3. The van der Waals surface area contributed by atoms with Crippen molar-refractivity contribution in [2.75, 3.05) is 12.4 Å². The number of amides is 1. The number of phenolic OH excluding ortho intramolecular Hbond substituents is 1. The maximum absolute atomic E-state index is 12.7. The molecule has 0 atom stereocenters. The molecular weight excluding hydrogens is 384 g/mol. The zero-order chi connectivity index (χ0) is 21.3. The molecule has 8 heteroatoms. The fourth-order valence-corrected chi connectivity index (χ4v) is 4.26. The van der Waals surface area contributed by atoms with Gasteiger partial charge in [0, 0.05) is 31.6 Å². The van der Waals surface area contributed by atoms with Gasteiger partial charge in [0.1, 0.15) is 5.75 Å². The molecule has 158 valence electrons. The number of nitrogens with one attached hydrogen (secondary N) is 1. The number of carbonyl (C=O) groups is 1. The molecule has 1 saturated carbocycles. The van der Waals surface area contributed by atoms with Crippen molar-refractivity contribution in [2.45, 2.75) is 32.2 Å². The second-order valence-electron chi connectivity index (χ2n) is 7.92. The van der Waals surface area contributed by atoms with E-state index in [-0.39, 0.29) is 23.3 Å². The van der Waals surface area contributed by atoms with Gasteiger partial charge in [-0.05, 0) is 49.8 Å². The quantitative estimate of drug-likeness (QED) is 0.674. The minimum absolute atomic E-state index is 0.00710. The number of pyridine rings is 1. The van der Waals surface area contributed by atoms with Crippen LogP contribution in [0.5, 0.6) is 11.6 Å². The van der Waals surface area contributed by atoms with Gasteiger partial charge in [-0.15, -0.1) is 0 Å². The van der Waals surface area contributed by atoms with Gasteiger partial charge < -0.3 is 15.2 Å². The largest absolute Gasteiger partial charge is 0.508 e. The fraction of sp³-hybridized carbons (Fsp3) is 0.409. The second-order valence-corrected chi connectivity index (χ2v) is 7.92. The number of benzene rings is 1. The van der Waals surface area contributed by atoms with Crippen LogP contribution in [0.15, 0.2) is 41.3 Å². The minimum Gasteiger partial charge on any atom is -0.508 e. The van der Waals surface area contributed by atoms with Gasteiger partial charge in [-0.1, -0.05) is 0 Å². The van der Waals surface area contributed by atoms with Crippen LogP contribution in [0.4, 0.5) is 5.69 Å². The zero-order valence-electron chi connectivity index (χ0n) is 17.2. The summed E-state index contributed by atoms with van der Waals surface area (Å²) >= 11 is 0. The van der Waals surface area contributed by atoms with Gasteiger partial charge in [0.15, 0.2) is 0 Å². The maximum atomic E-state index is 12.7. The van der Waals surface area contributed by atoms with Crippen LogP contribution in [0.1, 0.15) is 25.7 Å². The molecular formula is C22H26N4O4. The highest BCUT2D eigenvalue weighted by Gasteiger charge is 2.27. The van der Waals surface area contributed by atoms with Gasteiger partial charge in [-0.2, -0.15) is 0 Å². The van der Waals surface area contributed by atoms with Crippen molar-refractivity contribution in [1.82, 2.24) is 14.1 Å². The van der Waals surface area contributed by atoms with E-state index in [0.29, 0.717) is 24.0 Å². The van der Waals surface area contributed by atoms with Crippen molar-refractivity contribution in [2.24, 2.45) is 18.9 Å². The molecule has 0 radical (unpaired) electrons. The van der Waals surface area contributed by atoms with Gasteiger partial charge in [0.25, 0.3) is 0 Å². The highest BCUT2D eigenvalue weighted by atomic mass is 16.5. The van der Waals surface area contributed by atoms with E-state index in [0.717, 1.165) is 36.7 Å². The number of aromatic nitrogens is 3. The SMILES string of the molecule is COc1ccc(NC(=O)C2CCC(Cn3c(=O)n(C)c4ccc(O)cc43)CC2)cn1. The molecule has 1 aliphatic rings. The summed E-state index contributed by atoms with van der Waals surface area (Å²) < 4.78 is 8.38. The van der Waals surface area contributed by atoms with Crippen LogP contribution >= 0.6 is 0 Å². The van der Waals surface area contributed by atoms with Crippen molar-refractivity contribution in [3.63, 3.8) is 0 Å². The molecule has 2 aromatic heterocycles. The molecule has 1 aromatic carbocycles. The summed E-state index contributed by atoms with van der Waals surface area (Å²) in [6, 6.07) is 8.48. The first-order valence-corrected chi connectivity index (χ1v) is 10.2. The number of anilines is 1. The Kier molecular flexibility index (Phi) is 5.48. The van der Waals surface area contributed by atoms with Gasteiger partial charge in [-0.3, -0.25) is 13.9 Å². The van der Waals surface area contributed by atoms with Crippen molar-refractivity contribution in [1.29, 1.82) is 0 Å². The van der Waals surface area contributed by atoms with E-state index in [1.807, 2.05) is 0 Å². The van der Waals surface area contributed by atoms with E-state index < -0.39 is 0 Å². The van der Waals surface area contributed by atoms with Gasteiger partial charge >= 0.3 is 5.69 Å². The summed E-state index contributed by atoms with van der Waals surface area (Å²) in [5.74, 6) is 0.937. The van der Waals surface area contributed by atoms with Crippen molar-refractivity contribution in [3.8, 4) is 11.6 Å². The van der Waals surface area contributed by atoms with E-state index in [1.54, 1.807) is 59.8 Å². The lowest BCUT2D eigenvalue weighted by atomic mass is 9.81. The highest BCUT2D eigenvalue weighted by Crippen LogP contribution is 2.31. The Labute approximate surface area is 174 Å². The van der Waals surface area contributed by atoms with Gasteiger partial charge in [0.05, 0.1) is 30.0 Å². The second kappa shape index (κ2) is 8.22. The first-order valence-electron chi connectivity index (χ1n) is 10.2. The Morgan fingerprint density at radius 1 is 1.20 bits per heavy atom. The first-order chi connectivity index (χ1) is 14.5. The predicted molar refractivity (Wildman–Crippen MR) is 114 cm³/mol. The molecule has 1 fully saturated rings. The summed E-state index contributed by atoms with van der Waals surface area (Å²) in [4.78, 5) is 29.4. The van der Waals surface area contributed by atoms with Crippen LogP contribution in [0.25, 0.3) is 11.0 Å². The Hall–Kier alpha value is -3.29. The van der Waals surface area contributed by atoms with Crippen molar-refractivity contribution in [3.05, 3.63) is 47.0 Å². The van der Waals surface area contributed by atoms with Crippen LogP contribution in [0.3, 0.4) is 0 Å². The van der Waals surface area contributed by atoms with E-state index in [9.17, 15) is 14.7 Å². The summed E-state index contributed by atoms with van der Waals surface area (Å²) in [7, 11) is 3.29. The lowest BCUT2D eigenvalue weighted by Gasteiger charge is -2.28. The Morgan fingerprint density at radius 2 is 1.97 bits per heavy atom. The van der Waals surface area contributed by atoms with Crippen LogP contribution in [-0.4, -0.2) is 32.2 Å². The standard InChI is InChI=1S/C22H26N4O4/c1-25-18-9-8-17(27)11-19(18)26(22(25)29)13-14-3-5-15(6-4-14)21(28)24-16-7-10-20(30-2)23-12-16/h7-12,14-15,27H,3-6,13H2,1-2H3,(H,24,28). The summed E-state index contributed by atoms with van der Waals surface area (Å²) in [5.41, 5.74) is 2.13. The molecule has 2 N–H and O–H groups in total. The normalized spacial score (nSPS) is 19.0. The Balaban J connectivity index is 1.38. The third kappa shape index (κ3) is 3.90. The number of methoxy groups -OCH3 is 1. The van der Waals surface area contributed by atoms with E-state index in [2.05, 4.69) is 10.3 Å². The third-order valence-electron chi connectivity index (χ3n) is 6.00. The summed E-state index contributed by atoms with van der Waals surface area (Å²) in [6.07, 6.45) is 4.90. The number of imidazole rings is 1. The molecule has 0 spiro atoms. The van der Waals surface area contributed by atoms with Crippen LogP contribution in [0, 0.1) is 11.8 Å². The van der Waals surface area contributed by atoms with Crippen LogP contribution < -0.4 is 15.7 Å². The average molecular weight is 410 g/mol.